The summed E-state index contributed by atoms with van der Waals surface area (Å²) < 4.78 is 25.7. The number of hydrogen-bond acceptors (Lipinski definition) is 3. The summed E-state index contributed by atoms with van der Waals surface area (Å²) in [6, 6.07) is 4.64. The Balaban J connectivity index is 3.25. The van der Waals surface area contributed by atoms with Crippen LogP contribution in [0.5, 0.6) is 0 Å². The van der Waals surface area contributed by atoms with E-state index >= 15 is 0 Å². The molecule has 0 amide bonds. The van der Waals surface area contributed by atoms with Crippen molar-refractivity contribution in [2.45, 2.75) is 31.3 Å². The highest BCUT2D eigenvalue weighted by molar-refractivity contribution is 7.89. The Morgan fingerprint density at radius 2 is 2.00 bits per heavy atom. The third-order valence-electron chi connectivity index (χ3n) is 2.62. The van der Waals surface area contributed by atoms with E-state index in [2.05, 4.69) is 0 Å². The third kappa shape index (κ3) is 2.98. The molecule has 4 nitrogen and oxygen atoms in total. The van der Waals surface area contributed by atoms with Crippen LogP contribution in [0.2, 0.25) is 5.02 Å². The second kappa shape index (κ2) is 5.35. The van der Waals surface area contributed by atoms with Gasteiger partial charge >= 0.3 is 0 Å². The minimum atomic E-state index is -3.53. The molecule has 0 aliphatic rings. The van der Waals surface area contributed by atoms with Crippen LogP contribution in [0, 0.1) is 0 Å². The van der Waals surface area contributed by atoms with Crippen molar-refractivity contribution in [3.05, 3.63) is 28.8 Å². The standard InChI is InChI=1S/C11H17ClN2O2S/c1-8(2)14(3)17(15,16)11-5-4-9(7-13)6-10(11)12/h4-6,8H,7,13H2,1-3H3. The lowest BCUT2D eigenvalue weighted by Crippen LogP contribution is -2.33. The molecule has 96 valence electrons. The zero-order valence-electron chi connectivity index (χ0n) is 10.1. The normalized spacial score (nSPS) is 12.4. The Labute approximate surface area is 107 Å². The molecular weight excluding hydrogens is 260 g/mol. The molecule has 0 spiro atoms. The molecule has 1 aromatic rings. The van der Waals surface area contributed by atoms with Crippen molar-refractivity contribution in [3.8, 4) is 0 Å². The molecule has 6 heteroatoms. The molecule has 0 aliphatic heterocycles. The van der Waals surface area contributed by atoms with E-state index in [-0.39, 0.29) is 16.0 Å². The summed E-state index contributed by atoms with van der Waals surface area (Å²) in [7, 11) is -2.00. The molecule has 0 bridgehead atoms. The lowest BCUT2D eigenvalue weighted by atomic mass is 10.2. The highest BCUT2D eigenvalue weighted by Crippen LogP contribution is 2.25. The highest BCUT2D eigenvalue weighted by atomic mass is 35.5. The maximum Gasteiger partial charge on any atom is 0.244 e. The van der Waals surface area contributed by atoms with Gasteiger partial charge in [-0.15, -0.1) is 0 Å². The number of benzene rings is 1. The molecule has 0 aromatic heterocycles. The first kappa shape index (κ1) is 14.4. The van der Waals surface area contributed by atoms with E-state index in [4.69, 9.17) is 17.3 Å². The Morgan fingerprint density at radius 3 is 2.41 bits per heavy atom. The van der Waals surface area contributed by atoms with Crippen molar-refractivity contribution in [1.82, 2.24) is 4.31 Å². The van der Waals surface area contributed by atoms with E-state index in [1.165, 1.54) is 17.4 Å². The molecule has 17 heavy (non-hydrogen) atoms. The van der Waals surface area contributed by atoms with Crippen LogP contribution in [-0.4, -0.2) is 25.8 Å². The molecule has 0 aliphatic carbocycles. The highest BCUT2D eigenvalue weighted by Gasteiger charge is 2.25. The van der Waals surface area contributed by atoms with Crippen LogP contribution >= 0.6 is 11.6 Å². The van der Waals surface area contributed by atoms with Gasteiger partial charge in [0.15, 0.2) is 0 Å². The van der Waals surface area contributed by atoms with Gasteiger partial charge in [-0.3, -0.25) is 0 Å². The zero-order valence-corrected chi connectivity index (χ0v) is 11.7. The van der Waals surface area contributed by atoms with Crippen LogP contribution in [-0.2, 0) is 16.6 Å². The van der Waals surface area contributed by atoms with E-state index < -0.39 is 10.0 Å². The summed E-state index contributed by atoms with van der Waals surface area (Å²) in [6.45, 7) is 3.94. The molecule has 1 rings (SSSR count). The number of halogens is 1. The molecule has 0 saturated heterocycles. The quantitative estimate of drug-likeness (QED) is 0.912. The molecule has 0 saturated carbocycles. The fourth-order valence-corrected chi connectivity index (χ4v) is 3.22. The van der Waals surface area contributed by atoms with Gasteiger partial charge in [-0.2, -0.15) is 4.31 Å². The van der Waals surface area contributed by atoms with Gasteiger partial charge in [0.05, 0.1) is 5.02 Å². The molecule has 0 radical (unpaired) electrons. The average molecular weight is 277 g/mol. The summed E-state index contributed by atoms with van der Waals surface area (Å²) in [4.78, 5) is 0.118. The molecule has 0 fully saturated rings. The van der Waals surface area contributed by atoms with Crippen molar-refractivity contribution in [1.29, 1.82) is 0 Å². The van der Waals surface area contributed by atoms with Gasteiger partial charge in [0.25, 0.3) is 0 Å². The second-order valence-corrected chi connectivity index (χ2v) is 6.46. The predicted octanol–water partition coefficient (Wildman–Crippen LogP) is 1.83. The largest absolute Gasteiger partial charge is 0.326 e. The minimum absolute atomic E-state index is 0.118. The Kier molecular flexibility index (Phi) is 4.55. The third-order valence-corrected chi connectivity index (χ3v) is 5.13. The topological polar surface area (TPSA) is 63.4 Å². The summed E-state index contributed by atoms with van der Waals surface area (Å²) in [5.74, 6) is 0. The molecule has 0 unspecified atom stereocenters. The fraction of sp³-hybridized carbons (Fsp3) is 0.455. The number of sulfonamides is 1. The van der Waals surface area contributed by atoms with Crippen molar-refractivity contribution >= 4 is 21.6 Å². The number of nitrogens with zero attached hydrogens (tertiary/aromatic N) is 1. The lowest BCUT2D eigenvalue weighted by molar-refractivity contribution is 0.410. The molecule has 1 aromatic carbocycles. The molecule has 0 heterocycles. The Morgan fingerprint density at radius 1 is 1.41 bits per heavy atom. The minimum Gasteiger partial charge on any atom is -0.326 e. The van der Waals surface area contributed by atoms with Gasteiger partial charge in [0.2, 0.25) is 10.0 Å². The fourth-order valence-electron chi connectivity index (χ4n) is 1.31. The lowest BCUT2D eigenvalue weighted by Gasteiger charge is -2.21. The summed E-state index contributed by atoms with van der Waals surface area (Å²) in [5, 5.41) is 0.209. The van der Waals surface area contributed by atoms with Gasteiger partial charge in [0.1, 0.15) is 4.90 Å². The predicted molar refractivity (Wildman–Crippen MR) is 69.4 cm³/mol. The van der Waals surface area contributed by atoms with Crippen LogP contribution in [0.15, 0.2) is 23.1 Å². The molecular formula is C11H17ClN2O2S. The zero-order chi connectivity index (χ0) is 13.2. The number of rotatable bonds is 4. The molecule has 0 atom stereocenters. The van der Waals surface area contributed by atoms with E-state index in [9.17, 15) is 8.42 Å². The summed E-state index contributed by atoms with van der Waals surface area (Å²) in [5.41, 5.74) is 6.27. The van der Waals surface area contributed by atoms with Crippen LogP contribution in [0.3, 0.4) is 0 Å². The first-order valence-corrected chi connectivity index (χ1v) is 7.09. The van der Waals surface area contributed by atoms with E-state index in [0.29, 0.717) is 6.54 Å². The van der Waals surface area contributed by atoms with Crippen molar-refractivity contribution < 1.29 is 8.42 Å². The van der Waals surface area contributed by atoms with Crippen LogP contribution in [0.1, 0.15) is 19.4 Å². The van der Waals surface area contributed by atoms with Crippen molar-refractivity contribution in [2.75, 3.05) is 7.05 Å². The first-order chi connectivity index (χ1) is 7.80. The first-order valence-electron chi connectivity index (χ1n) is 5.27. The van der Waals surface area contributed by atoms with Crippen LogP contribution < -0.4 is 5.73 Å². The number of hydrogen-bond donors (Lipinski definition) is 1. The number of nitrogens with two attached hydrogens (primary N) is 1. The second-order valence-electron chi connectivity index (χ2n) is 4.08. The van der Waals surface area contributed by atoms with Crippen molar-refractivity contribution in [2.24, 2.45) is 5.73 Å². The maximum absolute atomic E-state index is 12.2. The Bertz CT molecular complexity index is 500. The summed E-state index contributed by atoms with van der Waals surface area (Å²) >= 11 is 5.98. The van der Waals surface area contributed by atoms with E-state index in [1.54, 1.807) is 26.0 Å². The van der Waals surface area contributed by atoms with Gasteiger partial charge in [0, 0.05) is 19.6 Å². The van der Waals surface area contributed by atoms with Crippen molar-refractivity contribution in [3.63, 3.8) is 0 Å². The van der Waals surface area contributed by atoms with E-state index in [0.717, 1.165) is 5.56 Å². The SMILES string of the molecule is CC(C)N(C)S(=O)(=O)c1ccc(CN)cc1Cl. The van der Waals surface area contributed by atoms with Crippen LogP contribution in [0.4, 0.5) is 0 Å². The Hall–Kier alpha value is -0.620. The van der Waals surface area contributed by atoms with Crippen LogP contribution in [0.25, 0.3) is 0 Å². The maximum atomic E-state index is 12.2. The van der Waals surface area contributed by atoms with E-state index in [1.807, 2.05) is 0 Å². The summed E-state index contributed by atoms with van der Waals surface area (Å²) in [6.07, 6.45) is 0. The van der Waals surface area contributed by atoms with Gasteiger partial charge < -0.3 is 5.73 Å². The molecule has 2 N–H and O–H groups in total. The monoisotopic (exact) mass is 276 g/mol. The van der Waals surface area contributed by atoms with Gasteiger partial charge in [-0.25, -0.2) is 8.42 Å². The van der Waals surface area contributed by atoms with Gasteiger partial charge in [-0.05, 0) is 31.5 Å². The van der Waals surface area contributed by atoms with Gasteiger partial charge in [-0.1, -0.05) is 17.7 Å². The smallest absolute Gasteiger partial charge is 0.244 e. The average Bonchev–Trinajstić information content (AvgIpc) is 2.27.